The number of phenolic OH excluding ortho intramolecular Hbond substituents is 1. The summed E-state index contributed by atoms with van der Waals surface area (Å²) in [4.78, 5) is 12.7. The van der Waals surface area contributed by atoms with Gasteiger partial charge in [0.1, 0.15) is 11.6 Å². The number of halogens is 7. The molecule has 2 fully saturated rings. The molecule has 4 aromatic heterocycles. The zero-order valence-electron chi connectivity index (χ0n) is 33.1. The molecule has 20 heteroatoms. The molecule has 0 radical (unpaired) electrons. The van der Waals surface area contributed by atoms with Crippen molar-refractivity contribution in [1.29, 1.82) is 0 Å². The molecular weight excluding hydrogens is 814 g/mol. The number of aryl methyl sites for hydroxylation is 1. The van der Waals surface area contributed by atoms with Crippen LogP contribution in [0.15, 0.2) is 54.9 Å². The first-order valence-corrected chi connectivity index (χ1v) is 19.1. The Morgan fingerprint density at radius 3 is 1.93 bits per heavy atom. The maximum Gasteiger partial charge on any atom is 0.416 e. The molecule has 5 N–H and O–H groups in total. The van der Waals surface area contributed by atoms with Gasteiger partial charge in [-0.2, -0.15) is 36.5 Å². The lowest BCUT2D eigenvalue weighted by atomic mass is 9.95. The van der Waals surface area contributed by atoms with Gasteiger partial charge in [0.25, 0.3) is 0 Å². The minimum absolute atomic E-state index is 0.00168. The van der Waals surface area contributed by atoms with Crippen molar-refractivity contribution in [3.8, 4) is 5.75 Å². The highest BCUT2D eigenvalue weighted by molar-refractivity contribution is 5.93. The van der Waals surface area contributed by atoms with Crippen molar-refractivity contribution in [2.24, 2.45) is 0 Å². The molecule has 0 amide bonds. The molecule has 6 heterocycles. The van der Waals surface area contributed by atoms with E-state index in [9.17, 15) is 46.1 Å². The normalized spacial score (nSPS) is 16.7. The Kier molecular flexibility index (Phi) is 10.1. The maximum absolute atomic E-state index is 14.8. The minimum atomic E-state index is -4.94. The summed E-state index contributed by atoms with van der Waals surface area (Å²) in [6.07, 6.45) is -7.24. The van der Waals surface area contributed by atoms with Gasteiger partial charge in [-0.15, -0.1) is 10.2 Å². The number of aromatic hydroxyl groups is 1. The van der Waals surface area contributed by atoms with E-state index in [1.807, 2.05) is 11.0 Å². The van der Waals surface area contributed by atoms with E-state index in [1.54, 1.807) is 37.9 Å². The molecule has 2 aromatic carbocycles. The van der Waals surface area contributed by atoms with E-state index in [0.717, 1.165) is 23.9 Å². The number of hydrogen-bond donors (Lipinski definition) is 5. The Morgan fingerprint density at radius 1 is 0.754 bits per heavy atom. The molecule has 8 rings (SSSR count). The zero-order chi connectivity index (χ0) is 43.8. The van der Waals surface area contributed by atoms with Gasteiger partial charge in [0.2, 0.25) is 0 Å². The van der Waals surface area contributed by atoms with Crippen molar-refractivity contribution >= 4 is 44.8 Å². The summed E-state index contributed by atoms with van der Waals surface area (Å²) in [5.41, 5.74) is -2.35. The smallest absolute Gasteiger partial charge is 0.416 e. The number of hydrogen-bond acceptors (Lipinski definition) is 13. The highest BCUT2D eigenvalue weighted by atomic mass is 19.4. The summed E-state index contributed by atoms with van der Waals surface area (Å²) in [5.74, 6) is -1.55. The lowest BCUT2D eigenvalue weighted by Gasteiger charge is -2.45. The molecule has 0 spiro atoms. The largest absolute Gasteiger partial charge is 0.508 e. The van der Waals surface area contributed by atoms with Gasteiger partial charge in [-0.25, -0.2) is 4.39 Å². The number of rotatable bonds is 10. The number of nitrogens with zero attached hydrogens (tertiary/aromatic N) is 8. The van der Waals surface area contributed by atoms with Crippen LogP contribution in [0.3, 0.4) is 0 Å². The van der Waals surface area contributed by atoms with Gasteiger partial charge >= 0.3 is 12.4 Å². The third-order valence-electron chi connectivity index (χ3n) is 10.8. The predicted octanol–water partition coefficient (Wildman–Crippen LogP) is 7.07. The first-order chi connectivity index (χ1) is 28.5. The van der Waals surface area contributed by atoms with Crippen molar-refractivity contribution in [2.75, 3.05) is 46.6 Å². The second kappa shape index (κ2) is 14.8. The van der Waals surface area contributed by atoms with E-state index in [2.05, 4.69) is 41.0 Å². The van der Waals surface area contributed by atoms with Crippen LogP contribution in [0.1, 0.15) is 66.0 Å². The molecule has 0 bridgehead atoms. The van der Waals surface area contributed by atoms with Gasteiger partial charge in [-0.3, -0.25) is 9.97 Å². The van der Waals surface area contributed by atoms with Crippen LogP contribution in [-0.4, -0.2) is 83.1 Å². The number of pyridine rings is 2. The van der Waals surface area contributed by atoms with Gasteiger partial charge in [-0.1, -0.05) is 0 Å². The van der Waals surface area contributed by atoms with Gasteiger partial charge in [-0.05, 0) is 81.3 Å². The summed E-state index contributed by atoms with van der Waals surface area (Å²) in [5, 5.41) is 55.3. The molecule has 0 unspecified atom stereocenters. The highest BCUT2D eigenvalue weighted by Gasteiger charge is 2.39. The Balaban J connectivity index is 1.11. The first kappa shape index (κ1) is 41.6. The number of β-amino-alcohol motifs (C(OH)–C–C–N with tert-alkyl or cyclic N) is 2. The van der Waals surface area contributed by atoms with E-state index < -0.39 is 64.3 Å². The average Bonchev–Trinajstić information content (AvgIpc) is 3.16. The molecule has 13 nitrogen and oxygen atoms in total. The second-order valence-electron chi connectivity index (χ2n) is 16.3. The standard InChI is InChI=1S/C41H39F7N10O3/c1-20(23-7-24(40(43,44)45)9-25(42)8-23)52-37-30-11-27(58-18-39(4,61)19-58)15-50-35(30)32(54-56-37)12-28-31(41(46,47)48)5-22(6-33(28)59)13-51-36-29-10-26(57-16-38(3,60)17-57)14-49-34(29)21(2)53-55-36/h5-11,14-15,20,59-61H,12-13,16-19H2,1-4H3,(H,51,55)(H,52,56)/t20-/m1/s1. The van der Waals surface area contributed by atoms with E-state index >= 15 is 0 Å². The molecule has 61 heavy (non-hydrogen) atoms. The fourth-order valence-corrected chi connectivity index (χ4v) is 7.77. The number of phenols is 1. The molecule has 2 aliphatic heterocycles. The van der Waals surface area contributed by atoms with Crippen molar-refractivity contribution in [1.82, 2.24) is 30.4 Å². The van der Waals surface area contributed by atoms with Crippen molar-refractivity contribution in [2.45, 2.75) is 70.3 Å². The fraction of sp³-hybridized carbons (Fsp3) is 0.366. The van der Waals surface area contributed by atoms with Crippen molar-refractivity contribution in [3.05, 3.63) is 99.9 Å². The number of fused-ring (bicyclic) bond motifs is 2. The quantitative estimate of drug-likeness (QED) is 0.0889. The summed E-state index contributed by atoms with van der Waals surface area (Å²) in [6.45, 7) is 7.62. The number of alkyl halides is 6. The van der Waals surface area contributed by atoms with Gasteiger partial charge in [0.15, 0.2) is 11.6 Å². The predicted molar refractivity (Wildman–Crippen MR) is 212 cm³/mol. The molecular formula is C41H39F7N10O3. The summed E-state index contributed by atoms with van der Waals surface area (Å²) in [6, 6.07) is 6.66. The summed E-state index contributed by atoms with van der Waals surface area (Å²) in [7, 11) is 0. The Labute approximate surface area is 343 Å². The Morgan fingerprint density at radius 2 is 1.34 bits per heavy atom. The third-order valence-corrected chi connectivity index (χ3v) is 10.8. The number of aliphatic hydroxyl groups is 2. The lowest BCUT2D eigenvalue weighted by molar-refractivity contribution is -0.138. The highest BCUT2D eigenvalue weighted by Crippen LogP contribution is 2.41. The van der Waals surface area contributed by atoms with Gasteiger partial charge < -0.3 is 35.8 Å². The van der Waals surface area contributed by atoms with E-state index in [0.29, 0.717) is 41.4 Å². The van der Waals surface area contributed by atoms with Crippen LogP contribution in [0.25, 0.3) is 21.8 Å². The van der Waals surface area contributed by atoms with Crippen LogP contribution in [0, 0.1) is 12.7 Å². The molecule has 1 atom stereocenters. The van der Waals surface area contributed by atoms with E-state index in [-0.39, 0.29) is 59.0 Å². The zero-order valence-corrected chi connectivity index (χ0v) is 33.1. The topological polar surface area (TPSA) is 169 Å². The molecule has 2 aliphatic rings. The van der Waals surface area contributed by atoms with Crippen LogP contribution in [0.4, 0.5) is 53.7 Å². The molecule has 0 saturated carbocycles. The maximum atomic E-state index is 14.8. The summed E-state index contributed by atoms with van der Waals surface area (Å²) >= 11 is 0. The SMILES string of the molecule is Cc1nnc(NCc2cc(O)c(Cc3nnc(N[C@H](C)c4cc(F)cc(C(F)(F)F)c4)c4cc(N5CC(C)(O)C5)cnc34)c(C(F)(F)F)c2)c2cc(N3CC(C)(O)C3)cnc12. The van der Waals surface area contributed by atoms with Crippen LogP contribution < -0.4 is 20.4 Å². The van der Waals surface area contributed by atoms with Crippen molar-refractivity contribution in [3.63, 3.8) is 0 Å². The monoisotopic (exact) mass is 852 g/mol. The minimum Gasteiger partial charge on any atom is -0.508 e. The third kappa shape index (κ3) is 8.46. The lowest BCUT2D eigenvalue weighted by Crippen LogP contribution is -2.60. The summed E-state index contributed by atoms with van der Waals surface area (Å²) < 4.78 is 99.4. The molecule has 320 valence electrons. The Bertz CT molecular complexity index is 2680. The molecule has 0 aliphatic carbocycles. The van der Waals surface area contributed by atoms with E-state index in [1.165, 1.54) is 19.2 Å². The van der Waals surface area contributed by atoms with Crippen LogP contribution in [0.2, 0.25) is 0 Å². The number of aromatic nitrogens is 6. The van der Waals surface area contributed by atoms with Crippen LogP contribution in [0.5, 0.6) is 5.75 Å². The van der Waals surface area contributed by atoms with Crippen LogP contribution in [-0.2, 0) is 25.3 Å². The number of nitrogens with one attached hydrogen (secondary N) is 2. The van der Waals surface area contributed by atoms with E-state index in [4.69, 9.17) is 0 Å². The molecule has 2 saturated heterocycles. The average molecular weight is 853 g/mol. The Hall–Kier alpha value is -6.15. The number of benzene rings is 2. The van der Waals surface area contributed by atoms with Crippen LogP contribution >= 0.6 is 0 Å². The fourth-order valence-electron chi connectivity index (χ4n) is 7.77. The van der Waals surface area contributed by atoms with Crippen molar-refractivity contribution < 1.29 is 46.1 Å². The molecule has 6 aromatic rings. The van der Waals surface area contributed by atoms with Gasteiger partial charge in [0.05, 0.1) is 74.6 Å². The first-order valence-electron chi connectivity index (χ1n) is 19.1. The number of anilines is 4. The van der Waals surface area contributed by atoms with Gasteiger partial charge in [0, 0.05) is 55.5 Å². The second-order valence-corrected chi connectivity index (χ2v) is 16.3.